The zero-order chi connectivity index (χ0) is 45.0. The quantitative estimate of drug-likeness (QED) is 0.272. The number of piperidine rings is 2. The Bertz CT molecular complexity index is 2090. The summed E-state index contributed by atoms with van der Waals surface area (Å²) < 4.78 is 44.6. The molecule has 0 bridgehead atoms. The van der Waals surface area contributed by atoms with E-state index in [4.69, 9.17) is 14.2 Å². The van der Waals surface area contributed by atoms with Gasteiger partial charge in [0.2, 0.25) is 11.8 Å². The summed E-state index contributed by atoms with van der Waals surface area (Å²) in [5.41, 5.74) is 2.31. The van der Waals surface area contributed by atoms with Crippen molar-refractivity contribution >= 4 is 24.0 Å². The lowest BCUT2D eigenvalue weighted by Gasteiger charge is -2.42. The monoisotopic (exact) mass is 858 g/mol. The summed E-state index contributed by atoms with van der Waals surface area (Å²) in [7, 11) is 0. The average Bonchev–Trinajstić information content (AvgIpc) is 3.38. The largest absolute Gasteiger partial charge is 0.493 e. The van der Waals surface area contributed by atoms with E-state index in [1.807, 2.05) is 70.7 Å². The molecule has 0 aromatic heterocycles. The number of fused-ring (bicyclic) bond motifs is 2. The number of likely N-dealkylation sites (tertiary alicyclic amines) is 2. The van der Waals surface area contributed by atoms with E-state index < -0.39 is 22.0 Å². The van der Waals surface area contributed by atoms with Crippen LogP contribution in [-0.4, -0.2) is 82.7 Å². The number of halogens is 2. The van der Waals surface area contributed by atoms with E-state index in [1.165, 1.54) is 18.2 Å². The van der Waals surface area contributed by atoms with E-state index in [0.29, 0.717) is 96.9 Å². The number of amides is 4. The lowest BCUT2D eigenvalue weighted by Crippen LogP contribution is -2.51. The number of benzene rings is 3. The summed E-state index contributed by atoms with van der Waals surface area (Å²) in [5, 5.41) is 2.97. The van der Waals surface area contributed by atoms with Gasteiger partial charge in [-0.3, -0.25) is 9.59 Å². The summed E-state index contributed by atoms with van der Waals surface area (Å²) >= 11 is 0. The molecule has 2 fully saturated rings. The Labute approximate surface area is 365 Å². The first-order valence-corrected chi connectivity index (χ1v) is 21.9. The van der Waals surface area contributed by atoms with Crippen molar-refractivity contribution < 1.29 is 42.2 Å². The van der Waals surface area contributed by atoms with Gasteiger partial charge >= 0.3 is 12.2 Å². The van der Waals surface area contributed by atoms with Gasteiger partial charge < -0.3 is 34.2 Å². The Kier molecular flexibility index (Phi) is 13.9. The van der Waals surface area contributed by atoms with Crippen LogP contribution in [0.4, 0.5) is 18.4 Å². The fraction of sp³-hybridized carbons (Fsp3) is 0.551. The highest BCUT2D eigenvalue weighted by molar-refractivity contribution is 5.85. The molecule has 4 heterocycles. The summed E-state index contributed by atoms with van der Waals surface area (Å²) in [6, 6.07) is 17.4. The molecular weight excluding hydrogens is 795 g/mol. The van der Waals surface area contributed by atoms with Crippen molar-refractivity contribution in [2.24, 2.45) is 16.7 Å². The number of hydrogen-bond acceptors (Lipinski definition) is 7. The van der Waals surface area contributed by atoms with Crippen molar-refractivity contribution in [2.75, 3.05) is 32.8 Å². The highest BCUT2D eigenvalue weighted by atomic mass is 19.1. The lowest BCUT2D eigenvalue weighted by molar-refractivity contribution is -0.146. The Morgan fingerprint density at radius 2 is 1.18 bits per heavy atom. The first kappa shape index (κ1) is 46.3. The fourth-order valence-corrected chi connectivity index (χ4v) is 8.69. The maximum Gasteiger partial charge on any atom is 0.410 e. The second-order valence-corrected chi connectivity index (χ2v) is 19.9. The highest BCUT2D eigenvalue weighted by Gasteiger charge is 2.47. The minimum absolute atomic E-state index is 0.00653. The molecule has 7 rings (SSSR count). The first-order chi connectivity index (χ1) is 29.1. The molecule has 62 heavy (non-hydrogen) atoms. The number of rotatable bonds is 5. The van der Waals surface area contributed by atoms with E-state index in [1.54, 1.807) is 28.0 Å². The van der Waals surface area contributed by atoms with Gasteiger partial charge in [0.25, 0.3) is 0 Å². The highest BCUT2D eigenvalue weighted by Crippen LogP contribution is 2.42. The summed E-state index contributed by atoms with van der Waals surface area (Å²) in [5.74, 6) is 0.733. The van der Waals surface area contributed by atoms with Gasteiger partial charge in [-0.15, -0.1) is 0 Å². The molecule has 0 saturated carbocycles. The van der Waals surface area contributed by atoms with Crippen molar-refractivity contribution in [2.45, 2.75) is 125 Å². The molecule has 1 N–H and O–H groups in total. The van der Waals surface area contributed by atoms with Gasteiger partial charge in [0.15, 0.2) is 0 Å². The molecule has 4 amide bonds. The van der Waals surface area contributed by atoms with Gasteiger partial charge in [-0.1, -0.05) is 38.1 Å². The zero-order valence-corrected chi connectivity index (χ0v) is 37.7. The molecule has 3 aromatic rings. The van der Waals surface area contributed by atoms with Gasteiger partial charge in [-0.2, -0.15) is 0 Å². The smallest absolute Gasteiger partial charge is 0.410 e. The predicted molar refractivity (Wildman–Crippen MR) is 232 cm³/mol. The number of nitrogens with one attached hydrogen (secondary N) is 1. The molecule has 2 spiro atoms. The second-order valence-electron chi connectivity index (χ2n) is 19.9. The van der Waals surface area contributed by atoms with Crippen LogP contribution in [0.3, 0.4) is 0 Å². The van der Waals surface area contributed by atoms with E-state index in [0.717, 1.165) is 33.6 Å². The molecule has 0 radical (unpaired) electrons. The third kappa shape index (κ3) is 11.6. The van der Waals surface area contributed by atoms with Crippen molar-refractivity contribution in [1.29, 1.82) is 0 Å². The van der Waals surface area contributed by atoms with Crippen LogP contribution < -0.4 is 10.1 Å². The van der Waals surface area contributed by atoms with Gasteiger partial charge in [0.05, 0.1) is 17.4 Å². The molecule has 3 aromatic carbocycles. The number of nitrogens with zero attached hydrogens (tertiary/aromatic N) is 3. The van der Waals surface area contributed by atoms with E-state index in [2.05, 4.69) is 19.2 Å². The van der Waals surface area contributed by atoms with Crippen molar-refractivity contribution in [3.63, 3.8) is 0 Å². The van der Waals surface area contributed by atoms with Crippen LogP contribution in [0.15, 0.2) is 60.7 Å². The molecular formula is C49H64F2N4O7. The molecule has 0 aliphatic carbocycles. The number of hydrogen-bond donors (Lipinski definition) is 1. The molecule has 13 heteroatoms. The summed E-state index contributed by atoms with van der Waals surface area (Å²) in [6.07, 6.45) is 2.41. The van der Waals surface area contributed by atoms with Crippen LogP contribution in [0.5, 0.6) is 5.75 Å². The minimum Gasteiger partial charge on any atom is -0.493 e. The predicted octanol–water partition coefficient (Wildman–Crippen LogP) is 8.98. The van der Waals surface area contributed by atoms with Crippen LogP contribution >= 0.6 is 0 Å². The van der Waals surface area contributed by atoms with Gasteiger partial charge in [-0.05, 0) is 150 Å². The SMILES string of the molecule is CC(C)(C)OC(=O)N1CCC2(CC1)Cc1cc(F)ccc1CNC2=O.CC(C)COc1ccc(CN2Cc3ccc(F)cc3CC3(CCN(C(=O)OC(C)(C)C)CC3)C2=O)cc1. The average molecular weight is 859 g/mol. The number of carbonyl (C=O) groups is 4. The molecule has 2 saturated heterocycles. The third-order valence-corrected chi connectivity index (χ3v) is 12.0. The normalized spacial score (nSPS) is 18.5. The molecule has 4 aliphatic rings. The van der Waals surface area contributed by atoms with Crippen LogP contribution in [0.1, 0.15) is 109 Å². The molecule has 11 nitrogen and oxygen atoms in total. The molecule has 0 unspecified atom stereocenters. The maximum absolute atomic E-state index is 14.2. The molecule has 336 valence electrons. The van der Waals surface area contributed by atoms with Crippen molar-refractivity contribution in [3.05, 3.63) is 100 Å². The summed E-state index contributed by atoms with van der Waals surface area (Å²) in [4.78, 5) is 56.9. The molecule has 0 atom stereocenters. The van der Waals surface area contributed by atoms with Crippen molar-refractivity contribution in [1.82, 2.24) is 20.0 Å². The Hall–Kier alpha value is -5.20. The Balaban J connectivity index is 0.000000223. The third-order valence-electron chi connectivity index (χ3n) is 12.0. The van der Waals surface area contributed by atoms with Gasteiger partial charge in [0, 0.05) is 45.8 Å². The number of carbonyl (C=O) groups excluding carboxylic acids is 4. The van der Waals surface area contributed by atoms with E-state index >= 15 is 0 Å². The van der Waals surface area contributed by atoms with E-state index in [9.17, 15) is 28.0 Å². The first-order valence-electron chi connectivity index (χ1n) is 21.9. The lowest BCUT2D eigenvalue weighted by atomic mass is 9.73. The fourth-order valence-electron chi connectivity index (χ4n) is 8.69. The maximum atomic E-state index is 14.2. The van der Waals surface area contributed by atoms with E-state index in [-0.39, 0.29) is 35.6 Å². The molecule has 4 aliphatic heterocycles. The van der Waals surface area contributed by atoms with Crippen LogP contribution in [0.2, 0.25) is 0 Å². The zero-order valence-electron chi connectivity index (χ0n) is 37.7. The van der Waals surface area contributed by atoms with Gasteiger partial charge in [0.1, 0.15) is 28.6 Å². The Morgan fingerprint density at radius 3 is 1.69 bits per heavy atom. The summed E-state index contributed by atoms with van der Waals surface area (Å²) in [6.45, 7) is 19.0. The Morgan fingerprint density at radius 1 is 0.694 bits per heavy atom. The van der Waals surface area contributed by atoms with Crippen LogP contribution in [0, 0.1) is 28.4 Å². The number of ether oxygens (including phenoxy) is 3. The standard InChI is InChI=1S/C30H39FN2O4.C19H25FN2O3/c1-21(2)20-36-26-10-6-22(7-11-26)18-33-19-23-8-9-25(31)16-24(23)17-30(27(33)34)12-14-32(15-13-30)28(35)37-29(3,4)5;1-18(2,3)25-17(24)22-8-6-19(7-9-22)11-14-10-15(20)5-4-13(14)12-21-16(19)23/h6-11,16,21H,12-15,17-20H2,1-5H3;4-5,10H,6-9,11-12H2,1-3H3,(H,21,23). The van der Waals surface area contributed by atoms with Crippen molar-refractivity contribution in [3.8, 4) is 5.75 Å². The van der Waals surface area contributed by atoms with Crippen LogP contribution in [-0.2, 0) is 51.5 Å². The second kappa shape index (κ2) is 18.6. The minimum atomic E-state index is -0.683. The van der Waals surface area contributed by atoms with Crippen LogP contribution in [0.25, 0.3) is 0 Å². The topological polar surface area (TPSA) is 118 Å². The van der Waals surface area contributed by atoms with Gasteiger partial charge in [-0.25, -0.2) is 18.4 Å².